The highest BCUT2D eigenvalue weighted by Crippen LogP contribution is 2.39. The van der Waals surface area contributed by atoms with Crippen molar-refractivity contribution in [3.05, 3.63) is 102 Å². The van der Waals surface area contributed by atoms with E-state index in [0.29, 0.717) is 12.7 Å². The van der Waals surface area contributed by atoms with Gasteiger partial charge in [0.15, 0.2) is 5.60 Å². The third-order valence-electron chi connectivity index (χ3n) is 5.55. The Kier molecular flexibility index (Phi) is 8.41. The van der Waals surface area contributed by atoms with Gasteiger partial charge in [0.05, 0.1) is 19.8 Å². The van der Waals surface area contributed by atoms with E-state index < -0.39 is 18.1 Å². The summed E-state index contributed by atoms with van der Waals surface area (Å²) in [5, 5.41) is 9.82. The number of hydrogen-bond donors (Lipinski definition) is 1. The number of benzene rings is 3. The Morgan fingerprint density at radius 2 is 1.40 bits per heavy atom. The largest absolute Gasteiger partial charge is 0.491 e. The molecule has 6 rings (SSSR count). The molecule has 4 atom stereocenters. The van der Waals surface area contributed by atoms with Gasteiger partial charge in [-0.3, -0.25) is 0 Å². The van der Waals surface area contributed by atoms with Gasteiger partial charge in [-0.2, -0.15) is 0 Å². The van der Waals surface area contributed by atoms with Crippen molar-refractivity contribution in [3.8, 4) is 5.75 Å². The molecule has 0 amide bonds. The summed E-state index contributed by atoms with van der Waals surface area (Å²) in [6.45, 7) is 2.51. The number of para-hydroxylation sites is 1. The van der Waals surface area contributed by atoms with E-state index in [4.69, 9.17) is 18.9 Å². The van der Waals surface area contributed by atoms with Gasteiger partial charge < -0.3 is 24.1 Å². The lowest BCUT2D eigenvalue weighted by atomic mass is 9.91. The van der Waals surface area contributed by atoms with E-state index in [1.165, 1.54) is 24.3 Å². The molecule has 3 aromatic rings. The minimum Gasteiger partial charge on any atom is -0.491 e. The maximum atomic E-state index is 12.7. The molecule has 5 nitrogen and oxygen atoms in total. The second kappa shape index (κ2) is 11.7. The summed E-state index contributed by atoms with van der Waals surface area (Å²) >= 11 is 0. The smallest absolute Gasteiger partial charge is 0.273 e. The predicted octanol–water partition coefficient (Wildman–Crippen LogP) is 4.90. The number of alkyl halides is 2. The summed E-state index contributed by atoms with van der Waals surface area (Å²) in [5.41, 5.74) is -0.875. The Bertz CT molecular complexity index is 1020. The van der Waals surface area contributed by atoms with Crippen LogP contribution in [0.15, 0.2) is 84.9 Å². The first-order valence-electron chi connectivity index (χ1n) is 11.3. The molecule has 3 fully saturated rings. The zero-order valence-corrected chi connectivity index (χ0v) is 18.9. The highest BCUT2D eigenvalue weighted by molar-refractivity contribution is 5.26. The van der Waals surface area contributed by atoms with Crippen LogP contribution in [0.3, 0.4) is 0 Å². The topological polar surface area (TPSA) is 67.0 Å². The van der Waals surface area contributed by atoms with Gasteiger partial charge in [-0.1, -0.05) is 60.7 Å². The zero-order chi connectivity index (χ0) is 24.7. The first kappa shape index (κ1) is 25.2. The van der Waals surface area contributed by atoms with Gasteiger partial charge in [0, 0.05) is 0 Å². The zero-order valence-electron chi connectivity index (χ0n) is 18.9. The van der Waals surface area contributed by atoms with Crippen LogP contribution < -0.4 is 4.74 Å². The average molecular weight is 489 g/mol. The lowest BCUT2D eigenvalue weighted by Crippen LogP contribution is -2.40. The normalized spacial score (nSPS) is 23.1. The number of ether oxygens (including phenoxy) is 4. The Morgan fingerprint density at radius 3 is 1.89 bits per heavy atom. The summed E-state index contributed by atoms with van der Waals surface area (Å²) in [6, 6.07) is 24.1. The second-order valence-corrected chi connectivity index (χ2v) is 8.27. The highest BCUT2D eigenvalue weighted by Gasteiger charge is 2.53. The number of hydrogen-bond acceptors (Lipinski definition) is 5. The molecule has 0 aromatic heterocycles. The van der Waals surface area contributed by atoms with Crippen LogP contribution in [0, 0.1) is 5.82 Å². The fourth-order valence-corrected chi connectivity index (χ4v) is 3.25. The quantitative estimate of drug-likeness (QED) is 0.480. The SMILES string of the molecule is Fc1ccc(C2CO2)cc1.OC(c1ccccc1)(C(F)F)C1CO1.c1ccc(OCC2CO2)cc1. The van der Waals surface area contributed by atoms with Crippen molar-refractivity contribution in [2.75, 3.05) is 26.4 Å². The highest BCUT2D eigenvalue weighted by atomic mass is 19.3. The molecule has 0 bridgehead atoms. The lowest BCUT2D eigenvalue weighted by Gasteiger charge is -2.25. The molecule has 0 radical (unpaired) electrons. The first-order chi connectivity index (χ1) is 17.0. The van der Waals surface area contributed by atoms with E-state index in [9.17, 15) is 18.3 Å². The summed E-state index contributed by atoms with van der Waals surface area (Å²) in [6.07, 6.45) is -3.03. The van der Waals surface area contributed by atoms with Crippen LogP contribution >= 0.6 is 0 Å². The molecule has 35 heavy (non-hydrogen) atoms. The van der Waals surface area contributed by atoms with Gasteiger partial charge in [-0.05, 0) is 35.4 Å². The van der Waals surface area contributed by atoms with Gasteiger partial charge in [0.1, 0.15) is 36.5 Å². The van der Waals surface area contributed by atoms with Gasteiger partial charge in [-0.25, -0.2) is 13.2 Å². The average Bonchev–Trinajstić information content (AvgIpc) is 3.74. The predicted molar refractivity (Wildman–Crippen MR) is 123 cm³/mol. The van der Waals surface area contributed by atoms with Crippen molar-refractivity contribution in [3.63, 3.8) is 0 Å². The van der Waals surface area contributed by atoms with E-state index in [1.807, 2.05) is 30.3 Å². The van der Waals surface area contributed by atoms with Crippen molar-refractivity contribution in [2.24, 2.45) is 0 Å². The summed E-state index contributed by atoms with van der Waals surface area (Å²) in [4.78, 5) is 0. The van der Waals surface area contributed by atoms with E-state index in [2.05, 4.69) is 0 Å². The van der Waals surface area contributed by atoms with Crippen LogP contribution in [-0.4, -0.2) is 50.2 Å². The molecule has 3 heterocycles. The summed E-state index contributed by atoms with van der Waals surface area (Å²) < 4.78 is 58.0. The maximum Gasteiger partial charge on any atom is 0.273 e. The van der Waals surface area contributed by atoms with Gasteiger partial charge in [-0.15, -0.1) is 0 Å². The molecule has 3 aliphatic heterocycles. The Hall–Kier alpha value is -2.91. The first-order valence-corrected chi connectivity index (χ1v) is 11.3. The molecule has 0 aliphatic carbocycles. The lowest BCUT2D eigenvalue weighted by molar-refractivity contribution is -0.117. The van der Waals surface area contributed by atoms with Gasteiger partial charge in [0.25, 0.3) is 6.43 Å². The van der Waals surface area contributed by atoms with Crippen molar-refractivity contribution < 1.29 is 37.2 Å². The Morgan fingerprint density at radius 1 is 0.829 bits per heavy atom. The number of halogens is 3. The van der Waals surface area contributed by atoms with E-state index >= 15 is 0 Å². The number of rotatable bonds is 7. The van der Waals surface area contributed by atoms with Gasteiger partial charge in [0.2, 0.25) is 0 Å². The molecule has 3 saturated heterocycles. The van der Waals surface area contributed by atoms with Crippen LogP contribution in [0.5, 0.6) is 5.75 Å². The molecule has 0 spiro atoms. The minimum absolute atomic E-state index is 0.190. The summed E-state index contributed by atoms with van der Waals surface area (Å²) in [7, 11) is 0. The molecule has 186 valence electrons. The summed E-state index contributed by atoms with van der Waals surface area (Å²) in [5.74, 6) is 0.729. The van der Waals surface area contributed by atoms with E-state index in [-0.39, 0.29) is 24.1 Å². The van der Waals surface area contributed by atoms with E-state index in [0.717, 1.165) is 24.5 Å². The van der Waals surface area contributed by atoms with Crippen molar-refractivity contribution >= 4 is 0 Å². The van der Waals surface area contributed by atoms with Crippen LogP contribution in [0.4, 0.5) is 13.2 Å². The number of aliphatic hydroxyl groups is 1. The molecular weight excluding hydrogens is 461 g/mol. The van der Waals surface area contributed by atoms with Crippen molar-refractivity contribution in [1.82, 2.24) is 0 Å². The third kappa shape index (κ3) is 7.53. The molecule has 4 unspecified atom stereocenters. The second-order valence-electron chi connectivity index (χ2n) is 8.27. The van der Waals surface area contributed by atoms with Crippen molar-refractivity contribution in [2.45, 2.75) is 30.3 Å². The molecule has 3 aromatic carbocycles. The molecular formula is C27H27F3O5. The van der Waals surface area contributed by atoms with Crippen LogP contribution in [-0.2, 0) is 19.8 Å². The minimum atomic E-state index is -2.84. The van der Waals surface area contributed by atoms with Crippen LogP contribution in [0.25, 0.3) is 0 Å². The number of epoxide rings is 3. The molecule has 0 saturated carbocycles. The van der Waals surface area contributed by atoms with Crippen molar-refractivity contribution in [1.29, 1.82) is 0 Å². The van der Waals surface area contributed by atoms with Crippen LogP contribution in [0.1, 0.15) is 17.2 Å². The fourth-order valence-electron chi connectivity index (χ4n) is 3.25. The Balaban J connectivity index is 0.000000126. The monoisotopic (exact) mass is 488 g/mol. The molecule has 1 N–H and O–H groups in total. The molecule has 8 heteroatoms. The standard InChI is InChI=1S/C10H10F2O2.C9H10O2.C8H7FO/c11-9(12)10(13,8-6-14-8)7-4-2-1-3-5-7;1-2-4-8(5-3-1)10-6-9-7-11-9;9-7-3-1-6(2-4-7)8-5-10-8/h1-5,8-9,13H,6H2;1-5,9H,6-7H2;1-4,8H,5H2. The molecule has 3 aliphatic rings. The third-order valence-corrected chi connectivity index (χ3v) is 5.55. The van der Waals surface area contributed by atoms with Gasteiger partial charge >= 0.3 is 0 Å². The van der Waals surface area contributed by atoms with Crippen LogP contribution in [0.2, 0.25) is 0 Å². The maximum absolute atomic E-state index is 12.7. The Labute approximate surface area is 202 Å². The van der Waals surface area contributed by atoms with E-state index in [1.54, 1.807) is 30.3 Å². The fraction of sp³-hybridized carbons (Fsp3) is 0.333.